The Kier molecular flexibility index (Phi) is 64.2. The molecule has 3 heterocycles. The molecule has 0 aromatic heterocycles. The number of aliphatic hydroxyl groups is 11. The molecular weight excluding hydrogens is 1360 g/mol. The van der Waals surface area contributed by atoms with Crippen LogP contribution in [0.4, 0.5) is 0 Å². The molecule has 3 aliphatic heterocycles. The minimum absolute atomic E-state index is 0.251. The highest BCUT2D eigenvalue weighted by atomic mass is 16.8. The second kappa shape index (κ2) is 68.9. The van der Waals surface area contributed by atoms with E-state index in [1.54, 1.807) is 6.08 Å². The third-order valence-electron chi connectivity index (χ3n) is 23.1. The molecule has 0 aromatic carbocycles. The van der Waals surface area contributed by atoms with Crippen molar-refractivity contribution < 1.29 is 89.4 Å². The van der Waals surface area contributed by atoms with Crippen molar-refractivity contribution in [3.8, 4) is 0 Å². The summed E-state index contributed by atoms with van der Waals surface area (Å²) in [5, 5.41) is 121. The predicted octanol–water partition coefficient (Wildman–Crippen LogP) is 17.1. The molecule has 3 aliphatic rings. The number of ether oxygens (including phenoxy) is 6. The zero-order chi connectivity index (χ0) is 77.4. The normalized spacial score (nSPS) is 25.5. The molecule has 3 saturated heterocycles. The monoisotopic (exact) mass is 1530 g/mol. The second-order valence-electron chi connectivity index (χ2n) is 32.8. The molecule has 12 N–H and O–H groups in total. The Morgan fingerprint density at radius 1 is 0.327 bits per heavy atom. The molecule has 0 aromatic rings. The molecule has 1 amide bonds. The van der Waals surface area contributed by atoms with Crippen LogP contribution in [0.1, 0.15) is 412 Å². The molecule has 19 heteroatoms. The molecule has 17 atom stereocenters. The van der Waals surface area contributed by atoms with Crippen LogP contribution in [0, 0.1) is 0 Å². The number of allylic oxidation sites excluding steroid dienone is 1. The summed E-state index contributed by atoms with van der Waals surface area (Å²) in [4.78, 5) is 13.5. The zero-order valence-electron chi connectivity index (χ0n) is 68.4. The first-order valence-electron chi connectivity index (χ1n) is 45.4. The van der Waals surface area contributed by atoms with Gasteiger partial charge in [0, 0.05) is 6.42 Å². The van der Waals surface area contributed by atoms with Crippen LogP contribution in [0.5, 0.6) is 0 Å². The molecule has 634 valence electrons. The summed E-state index contributed by atoms with van der Waals surface area (Å²) in [6.07, 6.45) is 58.1. The minimum atomic E-state index is -1.98. The van der Waals surface area contributed by atoms with E-state index in [-0.39, 0.29) is 18.9 Å². The topological polar surface area (TPSA) is 307 Å². The molecule has 107 heavy (non-hydrogen) atoms. The number of hydrogen-bond acceptors (Lipinski definition) is 18. The number of unbranched alkanes of at least 4 members (excludes halogenated alkanes) is 59. The van der Waals surface area contributed by atoms with Gasteiger partial charge >= 0.3 is 0 Å². The van der Waals surface area contributed by atoms with Crippen LogP contribution in [0.2, 0.25) is 0 Å². The lowest BCUT2D eigenvalue weighted by molar-refractivity contribution is -0.379. The fourth-order valence-electron chi connectivity index (χ4n) is 15.8. The quantitative estimate of drug-likeness (QED) is 0.0199. The van der Waals surface area contributed by atoms with E-state index >= 15 is 0 Å². The van der Waals surface area contributed by atoms with Gasteiger partial charge in [-0.1, -0.05) is 398 Å². The highest BCUT2D eigenvalue weighted by Gasteiger charge is 2.54. The molecule has 0 bridgehead atoms. The van der Waals surface area contributed by atoms with Crippen LogP contribution < -0.4 is 5.32 Å². The van der Waals surface area contributed by atoms with E-state index in [1.165, 1.54) is 340 Å². The van der Waals surface area contributed by atoms with Crippen molar-refractivity contribution in [2.75, 3.05) is 26.4 Å². The average Bonchev–Trinajstić information content (AvgIpc) is 0.781. The SMILES string of the molecule is CCCCCCCCCCCCCCCCCCCCCCCC/C=C/C(O)C(COC1OC(CO)C(OC2OC(CO)C(OC3OC(CO)C(O)C(O)C3O)C(O)C2O)C(O)C1O)NC(=O)CCCCCCCCCCCCCCCCCCCCCCCCCCCCCCCCCCCCCCCC. The van der Waals surface area contributed by atoms with Crippen molar-refractivity contribution in [2.45, 2.75) is 516 Å². The molecule has 3 rings (SSSR count). The van der Waals surface area contributed by atoms with Gasteiger partial charge in [-0.15, -0.1) is 0 Å². The lowest BCUT2D eigenvalue weighted by atomic mass is 9.96. The van der Waals surface area contributed by atoms with E-state index in [0.717, 1.165) is 44.9 Å². The Bertz CT molecular complexity index is 1970. The Hall–Kier alpha value is -1.47. The zero-order valence-corrected chi connectivity index (χ0v) is 68.4. The van der Waals surface area contributed by atoms with E-state index in [0.29, 0.717) is 6.42 Å². The molecule has 0 spiro atoms. The van der Waals surface area contributed by atoms with E-state index in [2.05, 4.69) is 19.2 Å². The van der Waals surface area contributed by atoms with Gasteiger partial charge in [-0.3, -0.25) is 4.79 Å². The number of rotatable bonds is 75. The van der Waals surface area contributed by atoms with E-state index in [9.17, 15) is 61.0 Å². The summed E-state index contributed by atoms with van der Waals surface area (Å²) in [7, 11) is 0. The van der Waals surface area contributed by atoms with Crippen molar-refractivity contribution in [3.05, 3.63) is 12.2 Å². The molecule has 0 radical (unpaired) electrons. The average molecular weight is 1530 g/mol. The Labute approximate surface area is 652 Å². The molecule has 0 aliphatic carbocycles. The van der Waals surface area contributed by atoms with Gasteiger partial charge in [0.15, 0.2) is 18.9 Å². The highest BCUT2D eigenvalue weighted by molar-refractivity contribution is 5.76. The Balaban J connectivity index is 1.30. The summed E-state index contributed by atoms with van der Waals surface area (Å²) in [5.41, 5.74) is 0. The number of carbonyl (C=O) groups is 1. The van der Waals surface area contributed by atoms with Crippen LogP contribution >= 0.6 is 0 Å². The van der Waals surface area contributed by atoms with Crippen molar-refractivity contribution in [2.24, 2.45) is 0 Å². The summed E-state index contributed by atoms with van der Waals surface area (Å²) < 4.78 is 34.5. The Morgan fingerprint density at radius 2 is 0.579 bits per heavy atom. The maximum absolute atomic E-state index is 13.5. The van der Waals surface area contributed by atoms with Crippen molar-refractivity contribution in [3.63, 3.8) is 0 Å². The lowest BCUT2D eigenvalue weighted by Gasteiger charge is -2.48. The summed E-state index contributed by atoms with van der Waals surface area (Å²) in [6, 6.07) is -0.971. The maximum atomic E-state index is 13.5. The first-order chi connectivity index (χ1) is 52.3. The lowest BCUT2D eigenvalue weighted by Crippen LogP contribution is -2.66. The summed E-state index contributed by atoms with van der Waals surface area (Å²) in [6.45, 7) is 1.82. The van der Waals surface area contributed by atoms with Crippen molar-refractivity contribution in [1.29, 1.82) is 0 Å². The predicted molar refractivity (Wildman–Crippen MR) is 430 cm³/mol. The third-order valence-corrected chi connectivity index (χ3v) is 23.1. The molecule has 0 saturated carbocycles. The minimum Gasteiger partial charge on any atom is -0.394 e. The van der Waals surface area contributed by atoms with Gasteiger partial charge in [-0.2, -0.15) is 0 Å². The summed E-state index contributed by atoms with van der Waals surface area (Å²) in [5.74, 6) is -0.265. The van der Waals surface area contributed by atoms with E-state index in [1.807, 2.05) is 6.08 Å². The van der Waals surface area contributed by atoms with Gasteiger partial charge in [0.2, 0.25) is 5.91 Å². The number of amides is 1. The van der Waals surface area contributed by atoms with Crippen LogP contribution in [-0.4, -0.2) is 193 Å². The van der Waals surface area contributed by atoms with E-state index in [4.69, 9.17) is 28.4 Å². The first kappa shape index (κ1) is 99.7. The maximum Gasteiger partial charge on any atom is 0.220 e. The molecule has 19 nitrogen and oxygen atoms in total. The number of nitrogens with one attached hydrogen (secondary N) is 1. The van der Waals surface area contributed by atoms with Crippen LogP contribution in [0.3, 0.4) is 0 Å². The second-order valence-corrected chi connectivity index (χ2v) is 32.8. The molecule has 3 fully saturated rings. The fourth-order valence-corrected chi connectivity index (χ4v) is 15.8. The van der Waals surface area contributed by atoms with Gasteiger partial charge in [-0.25, -0.2) is 0 Å². The molecule has 17 unspecified atom stereocenters. The fraction of sp³-hybridized carbons (Fsp3) is 0.966. The van der Waals surface area contributed by atoms with Gasteiger partial charge in [0.25, 0.3) is 0 Å². The highest BCUT2D eigenvalue weighted by Crippen LogP contribution is 2.34. The van der Waals surface area contributed by atoms with Crippen molar-refractivity contribution in [1.82, 2.24) is 5.32 Å². The van der Waals surface area contributed by atoms with Gasteiger partial charge < -0.3 is 89.9 Å². The van der Waals surface area contributed by atoms with E-state index < -0.39 is 124 Å². The third kappa shape index (κ3) is 47.9. The number of hydrogen-bond donors (Lipinski definition) is 12. The summed E-state index contributed by atoms with van der Waals surface area (Å²) >= 11 is 0. The van der Waals surface area contributed by atoms with Crippen LogP contribution in [0.25, 0.3) is 0 Å². The molecular formula is C88H169NO18. The largest absolute Gasteiger partial charge is 0.394 e. The first-order valence-corrected chi connectivity index (χ1v) is 45.4. The standard InChI is InChI=1S/C88H169NO18/c1-3-5-7-9-11-13-15-17-19-21-23-25-27-29-30-31-32-33-34-35-36-37-38-39-40-41-42-44-46-48-50-52-54-56-58-60-62-64-66-76(94)89-71(72(93)65-63-61-59-57-55-53-51-49-47-45-43-28-26-24-22-20-18-16-14-12-10-8-6-4-2)70-102-86-82(100)79(97)84(74(68-91)104-86)107-88-83(101)80(98)85(75(69-92)105-88)106-87-81(99)78(96)77(95)73(67-90)103-87/h63,65,71-75,77-88,90-93,95-101H,3-62,64,66-70H2,1-2H3,(H,89,94)/b65-63+. The smallest absolute Gasteiger partial charge is 0.220 e. The number of aliphatic hydroxyl groups excluding tert-OH is 11. The van der Waals surface area contributed by atoms with Gasteiger partial charge in [0.05, 0.1) is 38.6 Å². The van der Waals surface area contributed by atoms with Crippen LogP contribution in [-0.2, 0) is 33.2 Å². The van der Waals surface area contributed by atoms with Gasteiger partial charge in [0.1, 0.15) is 73.2 Å². The van der Waals surface area contributed by atoms with Gasteiger partial charge in [-0.05, 0) is 19.3 Å². The van der Waals surface area contributed by atoms with Crippen LogP contribution in [0.15, 0.2) is 12.2 Å². The number of carbonyl (C=O) groups excluding carboxylic acids is 1. The Morgan fingerprint density at radius 3 is 0.879 bits per heavy atom. The van der Waals surface area contributed by atoms with Crippen molar-refractivity contribution >= 4 is 5.91 Å².